The Bertz CT molecular complexity index is 1700. The van der Waals surface area contributed by atoms with Crippen LogP contribution >= 0.6 is 11.3 Å². The van der Waals surface area contributed by atoms with Crippen LogP contribution in [0.5, 0.6) is 11.5 Å². The maximum absolute atomic E-state index is 13.6. The summed E-state index contributed by atoms with van der Waals surface area (Å²) in [6.07, 6.45) is 0.799. The number of carbonyl (C=O) groups is 3. The Balaban J connectivity index is 1.57. The summed E-state index contributed by atoms with van der Waals surface area (Å²) in [5.74, 6) is -1.54. The summed E-state index contributed by atoms with van der Waals surface area (Å²) < 4.78 is 16.8. The van der Waals surface area contributed by atoms with Crippen LogP contribution in [-0.2, 0) is 20.9 Å². The van der Waals surface area contributed by atoms with Crippen molar-refractivity contribution in [1.82, 2.24) is 4.98 Å². The molecule has 44 heavy (non-hydrogen) atoms. The number of nitrogens with zero attached hydrogens (tertiary/aromatic N) is 2. The van der Waals surface area contributed by atoms with Gasteiger partial charge in [0.05, 0.1) is 30.5 Å². The third kappa shape index (κ3) is 6.35. The average molecular weight is 613 g/mol. The van der Waals surface area contributed by atoms with Crippen LogP contribution in [-0.4, -0.2) is 41.0 Å². The summed E-state index contributed by atoms with van der Waals surface area (Å²) in [6.45, 7) is 6.35. The lowest BCUT2D eigenvalue weighted by Gasteiger charge is -2.23. The Hall–Kier alpha value is -4.96. The number of aliphatic hydroxyl groups is 1. The molecule has 1 saturated heterocycles. The van der Waals surface area contributed by atoms with E-state index in [0.29, 0.717) is 41.5 Å². The molecule has 0 aliphatic carbocycles. The van der Waals surface area contributed by atoms with Crippen molar-refractivity contribution < 1.29 is 33.7 Å². The van der Waals surface area contributed by atoms with Crippen molar-refractivity contribution in [2.24, 2.45) is 0 Å². The molecular weight excluding hydrogens is 580 g/mol. The van der Waals surface area contributed by atoms with Crippen molar-refractivity contribution >= 4 is 39.9 Å². The van der Waals surface area contributed by atoms with Gasteiger partial charge in [-0.05, 0) is 55.7 Å². The van der Waals surface area contributed by atoms with Gasteiger partial charge < -0.3 is 19.3 Å². The SMILES string of the molecule is CCCOc1cccc(/C(O)=C2\C(=O)C(=O)N(c3nc(C)c(C(=O)OCC)s3)C2c2ccc(OCc3ccccc3)cc2)c1. The van der Waals surface area contributed by atoms with Crippen LogP contribution < -0.4 is 14.4 Å². The minimum absolute atomic E-state index is 0.105. The molecule has 1 atom stereocenters. The highest BCUT2D eigenvalue weighted by molar-refractivity contribution is 7.17. The monoisotopic (exact) mass is 612 g/mol. The minimum atomic E-state index is -1.03. The lowest BCUT2D eigenvalue weighted by Crippen LogP contribution is -2.29. The number of aryl methyl sites for hydroxylation is 1. The Kier molecular flexibility index (Phi) is 9.40. The largest absolute Gasteiger partial charge is 0.507 e. The topological polar surface area (TPSA) is 115 Å². The van der Waals surface area contributed by atoms with Gasteiger partial charge in [0.25, 0.3) is 5.78 Å². The molecule has 1 N–H and O–H groups in total. The molecule has 1 aliphatic rings. The van der Waals surface area contributed by atoms with E-state index in [-0.39, 0.29) is 27.9 Å². The molecule has 10 heteroatoms. The summed E-state index contributed by atoms with van der Waals surface area (Å²) in [7, 11) is 0. The predicted octanol–water partition coefficient (Wildman–Crippen LogP) is 6.62. The molecule has 0 radical (unpaired) electrons. The zero-order chi connectivity index (χ0) is 31.2. The first kappa shape index (κ1) is 30.5. The van der Waals surface area contributed by atoms with E-state index in [2.05, 4.69) is 4.98 Å². The number of hydrogen-bond donors (Lipinski definition) is 1. The second-order valence-electron chi connectivity index (χ2n) is 10.0. The third-order valence-electron chi connectivity index (χ3n) is 6.92. The highest BCUT2D eigenvalue weighted by atomic mass is 32.1. The molecule has 0 spiro atoms. The fourth-order valence-electron chi connectivity index (χ4n) is 4.81. The average Bonchev–Trinajstić information content (AvgIpc) is 3.55. The summed E-state index contributed by atoms with van der Waals surface area (Å²) in [5.41, 5.74) is 2.14. The molecule has 1 unspecified atom stereocenters. The molecule has 1 fully saturated rings. The van der Waals surface area contributed by atoms with E-state index in [9.17, 15) is 19.5 Å². The molecule has 4 aromatic rings. The molecule has 0 saturated carbocycles. The van der Waals surface area contributed by atoms with Gasteiger partial charge in [0.1, 0.15) is 28.7 Å². The minimum Gasteiger partial charge on any atom is -0.507 e. The predicted molar refractivity (Wildman–Crippen MR) is 167 cm³/mol. The third-order valence-corrected chi connectivity index (χ3v) is 8.06. The summed E-state index contributed by atoms with van der Waals surface area (Å²) in [4.78, 5) is 45.7. The number of hydrogen-bond acceptors (Lipinski definition) is 9. The first-order valence-corrected chi connectivity index (χ1v) is 15.1. The second kappa shape index (κ2) is 13.6. The van der Waals surface area contributed by atoms with E-state index < -0.39 is 23.7 Å². The molecule has 3 aromatic carbocycles. The Morgan fingerprint density at radius 2 is 1.70 bits per heavy atom. The standard InChI is InChI=1S/C34H32N2O7S/c1-4-18-42-26-13-9-12-24(19-26)29(37)27-28(23-14-16-25(17-15-23)43-20-22-10-7-6-8-11-22)36(32(39)30(27)38)34-35-21(3)31(44-34)33(40)41-5-2/h6-17,19,28,37H,4-5,18,20H2,1-3H3/b29-27+. The van der Waals surface area contributed by atoms with Gasteiger partial charge in [-0.25, -0.2) is 9.78 Å². The molecule has 2 heterocycles. The normalized spacial score (nSPS) is 15.8. The van der Waals surface area contributed by atoms with Gasteiger partial charge in [-0.1, -0.05) is 72.9 Å². The molecule has 1 amide bonds. The van der Waals surface area contributed by atoms with Crippen LogP contribution in [0.4, 0.5) is 5.13 Å². The van der Waals surface area contributed by atoms with Gasteiger partial charge in [-0.15, -0.1) is 0 Å². The quantitative estimate of drug-likeness (QED) is 0.0870. The number of benzene rings is 3. The maximum atomic E-state index is 13.6. The van der Waals surface area contributed by atoms with Gasteiger partial charge in [0.15, 0.2) is 5.13 Å². The maximum Gasteiger partial charge on any atom is 0.350 e. The van der Waals surface area contributed by atoms with Crippen LogP contribution in [0, 0.1) is 6.92 Å². The molecule has 9 nitrogen and oxygen atoms in total. The zero-order valence-electron chi connectivity index (χ0n) is 24.6. The highest BCUT2D eigenvalue weighted by Crippen LogP contribution is 2.44. The summed E-state index contributed by atoms with van der Waals surface area (Å²) in [6, 6.07) is 22.4. The van der Waals surface area contributed by atoms with Crippen molar-refractivity contribution in [2.45, 2.75) is 39.8 Å². The number of esters is 1. The summed E-state index contributed by atoms with van der Waals surface area (Å²) >= 11 is 0.957. The number of Topliss-reactive ketones (excluding diaryl/α,β-unsaturated/α-hetero) is 1. The van der Waals surface area contributed by atoms with Crippen molar-refractivity contribution in [3.05, 3.63) is 112 Å². The molecule has 0 bridgehead atoms. The number of ether oxygens (including phenoxy) is 3. The van der Waals surface area contributed by atoms with Crippen molar-refractivity contribution in [1.29, 1.82) is 0 Å². The Morgan fingerprint density at radius 3 is 2.41 bits per heavy atom. The zero-order valence-corrected chi connectivity index (χ0v) is 25.4. The first-order valence-electron chi connectivity index (χ1n) is 14.3. The van der Waals surface area contributed by atoms with Crippen molar-refractivity contribution in [3.8, 4) is 11.5 Å². The van der Waals surface area contributed by atoms with Gasteiger partial charge in [-0.2, -0.15) is 0 Å². The van der Waals surface area contributed by atoms with E-state index in [1.807, 2.05) is 37.3 Å². The van der Waals surface area contributed by atoms with E-state index >= 15 is 0 Å². The lowest BCUT2D eigenvalue weighted by molar-refractivity contribution is -0.132. The van der Waals surface area contributed by atoms with Crippen LogP contribution in [0.3, 0.4) is 0 Å². The lowest BCUT2D eigenvalue weighted by atomic mass is 9.95. The number of rotatable bonds is 11. The van der Waals surface area contributed by atoms with Gasteiger partial charge in [-0.3, -0.25) is 14.5 Å². The van der Waals surface area contributed by atoms with Crippen LogP contribution in [0.1, 0.15) is 58.4 Å². The Morgan fingerprint density at radius 1 is 0.955 bits per heavy atom. The van der Waals surface area contributed by atoms with Gasteiger partial charge in [0, 0.05) is 5.56 Å². The molecular formula is C34H32N2O7S. The number of aliphatic hydroxyl groups excluding tert-OH is 1. The van der Waals surface area contributed by atoms with E-state index in [0.717, 1.165) is 23.3 Å². The molecule has 5 rings (SSSR count). The number of thiazole rings is 1. The van der Waals surface area contributed by atoms with Crippen LogP contribution in [0.25, 0.3) is 5.76 Å². The number of ketones is 1. The highest BCUT2D eigenvalue weighted by Gasteiger charge is 2.48. The number of amides is 1. The summed E-state index contributed by atoms with van der Waals surface area (Å²) in [5, 5.41) is 11.7. The second-order valence-corrected chi connectivity index (χ2v) is 11.0. The first-order chi connectivity index (χ1) is 21.3. The molecule has 226 valence electrons. The van der Waals surface area contributed by atoms with Gasteiger partial charge in [0.2, 0.25) is 0 Å². The fraction of sp³-hybridized carbons (Fsp3) is 0.235. The van der Waals surface area contributed by atoms with Crippen molar-refractivity contribution in [3.63, 3.8) is 0 Å². The smallest absolute Gasteiger partial charge is 0.350 e. The molecule has 1 aliphatic heterocycles. The van der Waals surface area contributed by atoms with Crippen LogP contribution in [0.15, 0.2) is 84.4 Å². The number of carbonyl (C=O) groups excluding carboxylic acids is 3. The molecule has 1 aromatic heterocycles. The van der Waals surface area contributed by atoms with E-state index in [1.165, 1.54) is 4.90 Å². The van der Waals surface area contributed by atoms with Crippen LogP contribution in [0.2, 0.25) is 0 Å². The van der Waals surface area contributed by atoms with E-state index in [4.69, 9.17) is 14.2 Å². The number of anilines is 1. The fourth-order valence-corrected chi connectivity index (χ4v) is 5.80. The number of aromatic nitrogens is 1. The van der Waals surface area contributed by atoms with Gasteiger partial charge >= 0.3 is 11.9 Å². The van der Waals surface area contributed by atoms with E-state index in [1.54, 1.807) is 62.4 Å². The van der Waals surface area contributed by atoms with Crippen molar-refractivity contribution in [2.75, 3.05) is 18.1 Å². The Labute approximate surface area is 259 Å².